The van der Waals surface area contributed by atoms with E-state index in [9.17, 15) is 0 Å². The van der Waals surface area contributed by atoms with Crippen LogP contribution in [0, 0.1) is 6.42 Å². The lowest BCUT2D eigenvalue weighted by Gasteiger charge is -1.88. The lowest BCUT2D eigenvalue weighted by molar-refractivity contribution is 1.28. The van der Waals surface area contributed by atoms with E-state index in [1.165, 1.54) is 0 Å². The summed E-state index contributed by atoms with van der Waals surface area (Å²) >= 11 is 0. The Morgan fingerprint density at radius 3 is 2.38 bits per heavy atom. The van der Waals surface area contributed by atoms with Crippen molar-refractivity contribution in [2.45, 2.75) is 6.92 Å². The van der Waals surface area contributed by atoms with Crippen LogP contribution in [0.1, 0.15) is 12.5 Å². The average Bonchev–Trinajstić information content (AvgIpc) is 1.90. The topological polar surface area (TPSA) is 12.9 Å². The molecule has 0 unspecified atom stereocenters. The van der Waals surface area contributed by atoms with Crippen molar-refractivity contribution in [2.75, 3.05) is 0 Å². The zero-order chi connectivity index (χ0) is 5.82. The average molecular weight is 105 g/mol. The van der Waals surface area contributed by atoms with Crippen molar-refractivity contribution in [3.05, 3.63) is 36.5 Å². The first-order valence-electron chi connectivity index (χ1n) is 2.51. The minimum atomic E-state index is 1.10. The number of nitrogens with zero attached hydrogens (tertiary/aromatic N) is 1. The smallest absolute Gasteiger partial charge is 0.0270 e. The maximum Gasteiger partial charge on any atom is 0.0270 e. The molecule has 0 spiro atoms. The van der Waals surface area contributed by atoms with Gasteiger partial charge in [-0.05, 0) is 17.7 Å². The van der Waals surface area contributed by atoms with Crippen molar-refractivity contribution in [1.82, 2.24) is 4.98 Å². The van der Waals surface area contributed by atoms with Gasteiger partial charge in [-0.2, -0.15) is 0 Å². The van der Waals surface area contributed by atoms with Gasteiger partial charge in [0.15, 0.2) is 0 Å². The largest absolute Gasteiger partial charge is 0.265 e. The van der Waals surface area contributed by atoms with Gasteiger partial charge in [-0.15, -0.1) is 0 Å². The molecule has 1 rings (SSSR count). The minimum absolute atomic E-state index is 1.10. The fourth-order valence-electron chi connectivity index (χ4n) is 0.519. The van der Waals surface area contributed by atoms with Crippen LogP contribution in [0.3, 0.4) is 0 Å². The highest BCUT2D eigenvalue weighted by Crippen LogP contribution is 1.96. The van der Waals surface area contributed by atoms with Crippen molar-refractivity contribution >= 4 is 0 Å². The number of rotatable bonds is 1. The zero-order valence-electron chi connectivity index (χ0n) is 4.76. The predicted octanol–water partition coefficient (Wildman–Crippen LogP) is 1.53. The Bertz CT molecular complexity index is 146. The van der Waals surface area contributed by atoms with Crippen LogP contribution in [-0.2, 0) is 0 Å². The first-order valence-corrected chi connectivity index (χ1v) is 2.51. The van der Waals surface area contributed by atoms with Gasteiger partial charge in [0.2, 0.25) is 0 Å². The van der Waals surface area contributed by atoms with Gasteiger partial charge >= 0.3 is 0 Å². The summed E-state index contributed by atoms with van der Waals surface area (Å²) in [5.41, 5.74) is 1.10. The third-order valence-corrected chi connectivity index (χ3v) is 0.969. The van der Waals surface area contributed by atoms with Gasteiger partial charge in [0.1, 0.15) is 0 Å². The molecule has 0 N–H and O–H groups in total. The van der Waals surface area contributed by atoms with Gasteiger partial charge in [-0.3, -0.25) is 4.98 Å². The maximum absolute atomic E-state index is 3.85. The van der Waals surface area contributed by atoms with E-state index >= 15 is 0 Å². The molecule has 1 aromatic heterocycles. The summed E-state index contributed by atoms with van der Waals surface area (Å²) in [7, 11) is 0. The van der Waals surface area contributed by atoms with Crippen LogP contribution in [0.15, 0.2) is 24.5 Å². The second-order valence-corrected chi connectivity index (χ2v) is 1.49. The summed E-state index contributed by atoms with van der Waals surface area (Å²) in [6.45, 7) is 1.88. The molecule has 0 aliphatic carbocycles. The van der Waals surface area contributed by atoms with Gasteiger partial charge < -0.3 is 0 Å². The third-order valence-electron chi connectivity index (χ3n) is 0.969. The van der Waals surface area contributed by atoms with Crippen molar-refractivity contribution < 1.29 is 0 Å². The van der Waals surface area contributed by atoms with Crippen LogP contribution in [0.2, 0.25) is 0 Å². The van der Waals surface area contributed by atoms with E-state index in [2.05, 4.69) is 11.4 Å². The number of hydrogen-bond donors (Lipinski definition) is 0. The molecule has 0 aliphatic rings. The van der Waals surface area contributed by atoms with E-state index in [0.717, 1.165) is 5.56 Å². The van der Waals surface area contributed by atoms with Crippen LogP contribution in [0.25, 0.3) is 0 Å². The van der Waals surface area contributed by atoms with Gasteiger partial charge in [-0.25, -0.2) is 0 Å². The molecule has 0 aliphatic heterocycles. The summed E-state index contributed by atoms with van der Waals surface area (Å²) < 4.78 is 0. The molecular weight excluding hydrogens is 98.1 g/mol. The van der Waals surface area contributed by atoms with Crippen LogP contribution in [0.4, 0.5) is 0 Å². The SMILES string of the molecule is C[C]c1ccncc1. The van der Waals surface area contributed by atoms with Gasteiger partial charge in [-0.1, -0.05) is 6.92 Å². The molecule has 0 bridgehead atoms. The summed E-state index contributed by atoms with van der Waals surface area (Å²) in [4.78, 5) is 3.85. The molecule has 0 atom stereocenters. The second kappa shape index (κ2) is 2.46. The van der Waals surface area contributed by atoms with Gasteiger partial charge in [0.05, 0.1) is 0 Å². The highest BCUT2D eigenvalue weighted by Gasteiger charge is 1.81. The monoisotopic (exact) mass is 105 g/mol. The van der Waals surface area contributed by atoms with Crippen molar-refractivity contribution in [3.63, 3.8) is 0 Å². The predicted molar refractivity (Wildman–Crippen MR) is 32.3 cm³/mol. The molecule has 0 amide bonds. The fourth-order valence-corrected chi connectivity index (χ4v) is 0.519. The Morgan fingerprint density at radius 2 is 2.00 bits per heavy atom. The number of hydrogen-bond acceptors (Lipinski definition) is 1. The highest BCUT2D eigenvalue weighted by atomic mass is 14.6. The van der Waals surface area contributed by atoms with Crippen LogP contribution < -0.4 is 0 Å². The van der Waals surface area contributed by atoms with Crippen molar-refractivity contribution in [1.29, 1.82) is 0 Å². The van der Waals surface area contributed by atoms with E-state index in [4.69, 9.17) is 0 Å². The van der Waals surface area contributed by atoms with Gasteiger partial charge in [0.25, 0.3) is 0 Å². The quantitative estimate of drug-likeness (QED) is 0.527. The summed E-state index contributed by atoms with van der Waals surface area (Å²) in [5, 5.41) is 0. The van der Waals surface area contributed by atoms with E-state index in [1.54, 1.807) is 12.4 Å². The zero-order valence-corrected chi connectivity index (χ0v) is 4.76. The third kappa shape index (κ3) is 1.06. The second-order valence-electron chi connectivity index (χ2n) is 1.49. The molecule has 1 nitrogen and oxygen atoms in total. The van der Waals surface area contributed by atoms with Crippen LogP contribution >= 0.6 is 0 Å². The van der Waals surface area contributed by atoms with Crippen LogP contribution in [0.5, 0.6) is 0 Å². The maximum atomic E-state index is 3.85. The molecule has 0 fully saturated rings. The summed E-state index contributed by atoms with van der Waals surface area (Å²) in [5.74, 6) is 0. The first-order chi connectivity index (χ1) is 3.93. The van der Waals surface area contributed by atoms with E-state index in [-0.39, 0.29) is 0 Å². The molecule has 8 heavy (non-hydrogen) atoms. The lowest BCUT2D eigenvalue weighted by Crippen LogP contribution is -1.74. The Balaban J connectivity index is 2.83. The Labute approximate surface area is 49.4 Å². The fraction of sp³-hybridized carbons (Fsp3) is 0.143. The number of aromatic nitrogens is 1. The van der Waals surface area contributed by atoms with E-state index in [0.29, 0.717) is 0 Å². The molecule has 2 radical (unpaired) electrons. The molecule has 0 saturated heterocycles. The molecule has 0 aromatic carbocycles. The Morgan fingerprint density at radius 1 is 1.38 bits per heavy atom. The summed E-state index contributed by atoms with van der Waals surface area (Å²) in [6, 6.07) is 3.83. The first kappa shape index (κ1) is 5.29. The van der Waals surface area contributed by atoms with E-state index in [1.807, 2.05) is 19.1 Å². The Kier molecular flexibility index (Phi) is 1.62. The molecular formula is C7H7N. The minimum Gasteiger partial charge on any atom is -0.265 e. The van der Waals surface area contributed by atoms with Crippen molar-refractivity contribution in [2.24, 2.45) is 0 Å². The van der Waals surface area contributed by atoms with Gasteiger partial charge in [0, 0.05) is 18.8 Å². The standard InChI is InChI=1S/C7H7N/c1-2-7-3-5-8-6-4-7/h3-6H,1H3. The lowest BCUT2D eigenvalue weighted by atomic mass is 10.2. The normalized spacial score (nSPS) is 9.12. The molecule has 40 valence electrons. The van der Waals surface area contributed by atoms with E-state index < -0.39 is 0 Å². The molecule has 1 heteroatoms. The van der Waals surface area contributed by atoms with Crippen LogP contribution in [-0.4, -0.2) is 4.98 Å². The Hall–Kier alpha value is -0.850. The van der Waals surface area contributed by atoms with Crippen molar-refractivity contribution in [3.8, 4) is 0 Å². The molecule has 0 saturated carbocycles. The molecule has 1 heterocycles. The summed E-state index contributed by atoms with van der Waals surface area (Å²) in [6.07, 6.45) is 6.50. The highest BCUT2D eigenvalue weighted by molar-refractivity contribution is 5.17. The molecule has 1 aromatic rings. The number of pyridine rings is 1.